The van der Waals surface area contributed by atoms with Crippen molar-refractivity contribution in [3.8, 4) is 0 Å². The van der Waals surface area contributed by atoms with Crippen LogP contribution in [0.3, 0.4) is 0 Å². The third-order valence-corrected chi connectivity index (χ3v) is 5.74. The number of allylic oxidation sites excluding steroid dienone is 1. The van der Waals surface area contributed by atoms with E-state index in [-0.39, 0.29) is 5.91 Å². The van der Waals surface area contributed by atoms with Gasteiger partial charge < -0.3 is 5.32 Å². The van der Waals surface area contributed by atoms with Crippen molar-refractivity contribution in [3.63, 3.8) is 0 Å². The lowest BCUT2D eigenvalue weighted by molar-refractivity contribution is -0.00811. The second kappa shape index (κ2) is 5.15. The van der Waals surface area contributed by atoms with Crippen molar-refractivity contribution < 1.29 is 4.79 Å². The van der Waals surface area contributed by atoms with Crippen LogP contribution in [0, 0.1) is 17.3 Å². The number of nitrogens with zero attached hydrogens (tertiary/aromatic N) is 4. The van der Waals surface area contributed by atoms with Crippen molar-refractivity contribution in [2.75, 3.05) is 6.54 Å². The zero-order valence-electron chi connectivity index (χ0n) is 13.5. The minimum Gasteiger partial charge on any atom is -0.352 e. The molecule has 3 aliphatic carbocycles. The Bertz CT molecular complexity index is 791. The molecule has 2 heterocycles. The van der Waals surface area contributed by atoms with Crippen molar-refractivity contribution in [1.82, 2.24) is 25.4 Å². The third kappa shape index (κ3) is 2.33. The Morgan fingerprint density at radius 2 is 2.30 bits per heavy atom. The lowest BCUT2D eigenvalue weighted by Gasteiger charge is -2.56. The van der Waals surface area contributed by atoms with Gasteiger partial charge in [-0.1, -0.05) is 25.5 Å². The van der Waals surface area contributed by atoms with Gasteiger partial charge in [0.05, 0.1) is 5.56 Å². The third-order valence-electron chi connectivity index (χ3n) is 5.74. The van der Waals surface area contributed by atoms with Crippen molar-refractivity contribution in [3.05, 3.63) is 35.5 Å². The number of nitrogens with one attached hydrogen (secondary N) is 1. The van der Waals surface area contributed by atoms with E-state index in [1.807, 2.05) is 0 Å². The van der Waals surface area contributed by atoms with E-state index in [0.29, 0.717) is 29.1 Å². The van der Waals surface area contributed by atoms with E-state index in [0.717, 1.165) is 12.3 Å². The maximum Gasteiger partial charge on any atom is 0.252 e. The van der Waals surface area contributed by atoms with Crippen LogP contribution < -0.4 is 5.32 Å². The predicted octanol–water partition coefficient (Wildman–Crippen LogP) is 2.24. The summed E-state index contributed by atoms with van der Waals surface area (Å²) < 4.78 is 1.51. The number of pyridine rings is 1. The van der Waals surface area contributed by atoms with Crippen LogP contribution in [0.15, 0.2) is 30.0 Å². The van der Waals surface area contributed by atoms with Gasteiger partial charge in [-0.3, -0.25) is 4.79 Å². The van der Waals surface area contributed by atoms with Crippen molar-refractivity contribution in [2.24, 2.45) is 17.3 Å². The minimum absolute atomic E-state index is 0.0791. The highest BCUT2D eigenvalue weighted by molar-refractivity contribution is 5.94. The average molecular weight is 311 g/mol. The Morgan fingerprint density at radius 1 is 1.43 bits per heavy atom. The average Bonchev–Trinajstić information content (AvgIpc) is 3.02. The first-order chi connectivity index (χ1) is 11.1. The van der Waals surface area contributed by atoms with Crippen LogP contribution >= 0.6 is 0 Å². The van der Waals surface area contributed by atoms with Crippen LogP contribution in [0.4, 0.5) is 0 Å². The molecule has 3 aliphatic rings. The summed E-state index contributed by atoms with van der Waals surface area (Å²) in [5.41, 5.74) is 3.18. The molecule has 1 saturated carbocycles. The van der Waals surface area contributed by atoms with Crippen LogP contribution in [0.25, 0.3) is 5.65 Å². The Labute approximate surface area is 135 Å². The predicted molar refractivity (Wildman–Crippen MR) is 85.8 cm³/mol. The maximum atomic E-state index is 12.3. The fourth-order valence-electron chi connectivity index (χ4n) is 4.06. The van der Waals surface area contributed by atoms with Gasteiger partial charge in [-0.2, -0.15) is 4.52 Å². The lowest BCUT2D eigenvalue weighted by atomic mass is 9.48. The highest BCUT2D eigenvalue weighted by atomic mass is 16.1. The summed E-state index contributed by atoms with van der Waals surface area (Å²) >= 11 is 0. The van der Waals surface area contributed by atoms with E-state index < -0.39 is 0 Å². The monoisotopic (exact) mass is 311 g/mol. The molecule has 0 unspecified atom stereocenters. The summed E-state index contributed by atoms with van der Waals surface area (Å²) in [6.07, 6.45) is 7.51. The van der Waals surface area contributed by atoms with Crippen LogP contribution in [0.1, 0.15) is 43.5 Å². The van der Waals surface area contributed by atoms with E-state index in [1.165, 1.54) is 22.9 Å². The first-order valence-corrected chi connectivity index (χ1v) is 8.20. The smallest absolute Gasteiger partial charge is 0.252 e. The second-order valence-corrected chi connectivity index (χ2v) is 7.23. The molecule has 6 nitrogen and oxygen atoms in total. The number of hydrogen-bond donors (Lipinski definition) is 1. The van der Waals surface area contributed by atoms with E-state index in [9.17, 15) is 4.79 Å². The van der Waals surface area contributed by atoms with Crippen LogP contribution in [0.5, 0.6) is 0 Å². The molecule has 0 aliphatic heterocycles. The van der Waals surface area contributed by atoms with Gasteiger partial charge in [0.25, 0.3) is 5.91 Å². The molecule has 1 fully saturated rings. The molecule has 23 heavy (non-hydrogen) atoms. The molecule has 2 aromatic heterocycles. The summed E-state index contributed by atoms with van der Waals surface area (Å²) in [7, 11) is 0. The second-order valence-electron chi connectivity index (χ2n) is 7.23. The summed E-state index contributed by atoms with van der Waals surface area (Å²) in [6, 6.07) is 3.50. The van der Waals surface area contributed by atoms with Gasteiger partial charge in [0.15, 0.2) is 5.65 Å². The van der Waals surface area contributed by atoms with Gasteiger partial charge in [0, 0.05) is 12.7 Å². The number of aromatic nitrogens is 4. The van der Waals surface area contributed by atoms with Crippen LogP contribution in [0.2, 0.25) is 0 Å². The highest BCUT2D eigenvalue weighted by Gasteiger charge is 2.50. The first-order valence-electron chi connectivity index (χ1n) is 8.20. The van der Waals surface area contributed by atoms with Gasteiger partial charge >= 0.3 is 0 Å². The van der Waals surface area contributed by atoms with Crippen LogP contribution in [-0.2, 0) is 0 Å². The Kier molecular flexibility index (Phi) is 3.21. The number of amides is 1. The van der Waals surface area contributed by atoms with Gasteiger partial charge in [-0.25, -0.2) is 0 Å². The fourth-order valence-corrected chi connectivity index (χ4v) is 4.06. The molecule has 2 aromatic rings. The minimum atomic E-state index is -0.0791. The molecule has 0 saturated heterocycles. The Morgan fingerprint density at radius 3 is 3.09 bits per heavy atom. The zero-order valence-corrected chi connectivity index (χ0v) is 13.5. The standard InChI is InChI=1S/C17H21N5O/c1-17(2)13-5-3-11(14(17)9-13)7-8-18-16(23)12-4-6-15-19-20-21-22(15)10-12/h3-4,6,10,13-14H,5,7-9H2,1-2H3,(H,18,23)/t13-,14-/m0/s1. The summed E-state index contributed by atoms with van der Waals surface area (Å²) in [4.78, 5) is 12.3. The molecule has 0 spiro atoms. The summed E-state index contributed by atoms with van der Waals surface area (Å²) in [5.74, 6) is 1.48. The number of carbonyl (C=O) groups excluding carboxylic acids is 1. The van der Waals surface area contributed by atoms with E-state index >= 15 is 0 Å². The summed E-state index contributed by atoms with van der Waals surface area (Å²) in [6.45, 7) is 5.42. The first kappa shape index (κ1) is 14.4. The lowest BCUT2D eigenvalue weighted by Crippen LogP contribution is -2.48. The number of fused-ring (bicyclic) bond motifs is 2. The van der Waals surface area contributed by atoms with Gasteiger partial charge in [0.1, 0.15) is 0 Å². The van der Waals surface area contributed by atoms with Crippen molar-refractivity contribution in [1.29, 1.82) is 0 Å². The van der Waals surface area contributed by atoms with Gasteiger partial charge in [-0.15, -0.1) is 5.10 Å². The fraction of sp³-hybridized carbons (Fsp3) is 0.529. The van der Waals surface area contributed by atoms with Crippen molar-refractivity contribution in [2.45, 2.75) is 33.1 Å². The topological polar surface area (TPSA) is 72.2 Å². The molecule has 6 heteroatoms. The van der Waals surface area contributed by atoms with E-state index in [4.69, 9.17) is 0 Å². The maximum absolute atomic E-state index is 12.3. The normalized spacial score (nSPS) is 24.9. The Balaban J connectivity index is 1.36. The molecule has 0 aromatic carbocycles. The quantitative estimate of drug-likeness (QED) is 0.879. The molecular formula is C17H21N5O. The largest absolute Gasteiger partial charge is 0.352 e. The molecule has 2 bridgehead atoms. The zero-order chi connectivity index (χ0) is 16.0. The number of tetrazole rings is 1. The number of carbonyl (C=O) groups is 1. The van der Waals surface area contributed by atoms with Crippen molar-refractivity contribution >= 4 is 11.6 Å². The van der Waals surface area contributed by atoms with Crippen LogP contribution in [-0.4, -0.2) is 32.5 Å². The molecule has 1 amide bonds. The number of hydrogen-bond acceptors (Lipinski definition) is 4. The molecule has 1 N–H and O–H groups in total. The molecule has 2 atom stereocenters. The molecular weight excluding hydrogens is 290 g/mol. The SMILES string of the molecule is CC1(C)[C@H]2CC=C(CCNC(=O)c3ccc4nnnn4c3)[C@@H]1C2. The molecule has 0 radical (unpaired) electrons. The Hall–Kier alpha value is -2.24. The molecule has 120 valence electrons. The van der Waals surface area contributed by atoms with Gasteiger partial charge in [0.2, 0.25) is 0 Å². The van der Waals surface area contributed by atoms with E-state index in [2.05, 4.69) is 40.8 Å². The summed E-state index contributed by atoms with van der Waals surface area (Å²) in [5, 5.41) is 14.2. The van der Waals surface area contributed by atoms with Gasteiger partial charge in [-0.05, 0) is 59.1 Å². The highest BCUT2D eigenvalue weighted by Crippen LogP contribution is 2.59. The van der Waals surface area contributed by atoms with E-state index in [1.54, 1.807) is 18.3 Å². The molecule has 5 rings (SSSR count). The number of rotatable bonds is 4.